The lowest BCUT2D eigenvalue weighted by Crippen LogP contribution is -2.37. The number of nitrogens with zero attached hydrogens (tertiary/aromatic N) is 1. The molecule has 0 amide bonds. The van der Waals surface area contributed by atoms with Crippen molar-refractivity contribution in [1.29, 1.82) is 0 Å². The molecule has 0 fully saturated rings. The molecule has 0 saturated heterocycles. The highest BCUT2D eigenvalue weighted by Gasteiger charge is 2.22. The molecule has 7 nitrogen and oxygen atoms in total. The normalized spacial score (nSPS) is 11.7. The van der Waals surface area contributed by atoms with Gasteiger partial charge in [-0.1, -0.05) is 0 Å². The molecule has 0 atom stereocenters. The van der Waals surface area contributed by atoms with Gasteiger partial charge in [0.1, 0.15) is 5.75 Å². The first-order valence-corrected chi connectivity index (χ1v) is 7.30. The third-order valence-corrected chi connectivity index (χ3v) is 4.45. The number of nitrogens with one attached hydrogen (secondary N) is 1. The van der Waals surface area contributed by atoms with Crippen LogP contribution in [0.3, 0.4) is 0 Å². The molecule has 2 N–H and O–H groups in total. The van der Waals surface area contributed by atoms with E-state index in [2.05, 4.69) is 4.72 Å². The van der Waals surface area contributed by atoms with E-state index < -0.39 is 16.2 Å². The van der Waals surface area contributed by atoms with Gasteiger partial charge >= 0.3 is 16.2 Å². The zero-order chi connectivity index (χ0) is 15.5. The molecule has 0 aliphatic rings. The molecular formula is C12H18N2O5S. The number of hydrogen-bond donors (Lipinski definition) is 2. The zero-order valence-electron chi connectivity index (χ0n) is 11.7. The Balaban J connectivity index is 3.19. The van der Waals surface area contributed by atoms with E-state index in [0.29, 0.717) is 0 Å². The number of carbonyl (C=O) groups is 1. The number of anilines is 1. The van der Waals surface area contributed by atoms with Crippen molar-refractivity contribution >= 4 is 21.9 Å². The highest BCUT2D eigenvalue weighted by molar-refractivity contribution is 7.90. The molecule has 0 aliphatic carbocycles. The first-order chi connectivity index (χ1) is 9.19. The average Bonchev–Trinajstić information content (AvgIpc) is 2.36. The number of rotatable bonds is 6. The van der Waals surface area contributed by atoms with Crippen LogP contribution in [0.25, 0.3) is 0 Å². The van der Waals surface area contributed by atoms with Crippen molar-refractivity contribution in [1.82, 2.24) is 4.31 Å². The molecule has 20 heavy (non-hydrogen) atoms. The lowest BCUT2D eigenvalue weighted by atomic mass is 10.2. The van der Waals surface area contributed by atoms with Gasteiger partial charge in [0.05, 0.1) is 18.4 Å². The van der Waals surface area contributed by atoms with E-state index in [1.54, 1.807) is 13.8 Å². The van der Waals surface area contributed by atoms with Crippen LogP contribution in [0.5, 0.6) is 5.75 Å². The molecule has 0 saturated carbocycles. The maximum absolute atomic E-state index is 12.1. The number of carboxylic acid groups (broad SMARTS) is 1. The van der Waals surface area contributed by atoms with Gasteiger partial charge in [0.2, 0.25) is 0 Å². The third kappa shape index (κ3) is 3.61. The Morgan fingerprint density at radius 1 is 1.40 bits per heavy atom. The average molecular weight is 302 g/mol. The van der Waals surface area contributed by atoms with E-state index >= 15 is 0 Å². The highest BCUT2D eigenvalue weighted by atomic mass is 32.2. The minimum absolute atomic E-state index is 0.0318. The van der Waals surface area contributed by atoms with Crippen LogP contribution in [0.2, 0.25) is 0 Å². The molecule has 1 aromatic carbocycles. The van der Waals surface area contributed by atoms with Crippen LogP contribution in [0.1, 0.15) is 24.2 Å². The topological polar surface area (TPSA) is 95.9 Å². The number of hydrogen-bond acceptors (Lipinski definition) is 4. The van der Waals surface area contributed by atoms with Gasteiger partial charge in [0.25, 0.3) is 0 Å². The van der Waals surface area contributed by atoms with E-state index in [1.807, 2.05) is 0 Å². The summed E-state index contributed by atoms with van der Waals surface area (Å²) in [6.45, 7) is 3.45. The largest absolute Gasteiger partial charge is 0.495 e. The molecule has 1 rings (SSSR count). The monoisotopic (exact) mass is 302 g/mol. The summed E-state index contributed by atoms with van der Waals surface area (Å²) >= 11 is 0. The van der Waals surface area contributed by atoms with Gasteiger partial charge in [-0.15, -0.1) is 0 Å². The lowest BCUT2D eigenvalue weighted by Gasteiger charge is -2.22. The van der Waals surface area contributed by atoms with Crippen LogP contribution in [0.4, 0.5) is 5.69 Å². The standard InChI is InChI=1S/C12H18N2O5S/c1-8(2)14(3)20(17,18)13-10-7-9(12(15)16)5-6-11(10)19-4/h5-8,13H,1-4H3,(H,15,16). The highest BCUT2D eigenvalue weighted by Crippen LogP contribution is 2.27. The second-order valence-corrected chi connectivity index (χ2v) is 6.17. The van der Waals surface area contributed by atoms with Crippen molar-refractivity contribution in [2.45, 2.75) is 19.9 Å². The molecular weight excluding hydrogens is 284 g/mol. The summed E-state index contributed by atoms with van der Waals surface area (Å²) in [5.74, 6) is -0.902. The van der Waals surface area contributed by atoms with Gasteiger partial charge in [-0.2, -0.15) is 12.7 Å². The molecule has 112 valence electrons. The van der Waals surface area contributed by atoms with E-state index in [-0.39, 0.29) is 23.0 Å². The zero-order valence-corrected chi connectivity index (χ0v) is 12.6. The Morgan fingerprint density at radius 3 is 2.45 bits per heavy atom. The number of benzene rings is 1. The van der Waals surface area contributed by atoms with Crippen molar-refractivity contribution in [2.24, 2.45) is 0 Å². The second-order valence-electron chi connectivity index (χ2n) is 4.44. The van der Waals surface area contributed by atoms with Gasteiger partial charge < -0.3 is 9.84 Å². The smallest absolute Gasteiger partial charge is 0.335 e. The molecule has 0 spiro atoms. The maximum atomic E-state index is 12.1. The van der Waals surface area contributed by atoms with Crippen LogP contribution >= 0.6 is 0 Å². The fraction of sp³-hybridized carbons (Fsp3) is 0.417. The van der Waals surface area contributed by atoms with Gasteiger partial charge in [-0.25, -0.2) is 4.79 Å². The minimum atomic E-state index is -3.78. The predicted molar refractivity (Wildman–Crippen MR) is 75.4 cm³/mol. The molecule has 0 bridgehead atoms. The maximum Gasteiger partial charge on any atom is 0.335 e. The summed E-state index contributed by atoms with van der Waals surface area (Å²) < 4.78 is 32.7. The fourth-order valence-corrected chi connectivity index (χ4v) is 2.55. The van der Waals surface area contributed by atoms with E-state index in [4.69, 9.17) is 9.84 Å². The van der Waals surface area contributed by atoms with Gasteiger partial charge in [0.15, 0.2) is 0 Å². The summed E-state index contributed by atoms with van der Waals surface area (Å²) in [5, 5.41) is 8.94. The van der Waals surface area contributed by atoms with Crippen molar-refractivity contribution in [3.63, 3.8) is 0 Å². The summed E-state index contributed by atoms with van der Waals surface area (Å²) in [7, 11) is -0.971. The van der Waals surface area contributed by atoms with Gasteiger partial charge in [0, 0.05) is 13.1 Å². The first-order valence-electron chi connectivity index (χ1n) is 5.86. The second kappa shape index (κ2) is 6.10. The first kappa shape index (κ1) is 16.3. The van der Waals surface area contributed by atoms with Crippen molar-refractivity contribution in [3.8, 4) is 5.75 Å². The van der Waals surface area contributed by atoms with Crippen LogP contribution in [-0.4, -0.2) is 44.0 Å². The molecule has 0 heterocycles. The van der Waals surface area contributed by atoms with Crippen molar-refractivity contribution in [2.75, 3.05) is 18.9 Å². The number of methoxy groups -OCH3 is 1. The van der Waals surface area contributed by atoms with Crippen LogP contribution in [0.15, 0.2) is 18.2 Å². The predicted octanol–water partition coefficient (Wildman–Crippen LogP) is 1.39. The summed E-state index contributed by atoms with van der Waals surface area (Å²) in [5.41, 5.74) is 0.0515. The Labute approximate surface area is 118 Å². The van der Waals surface area contributed by atoms with E-state index in [1.165, 1.54) is 32.4 Å². The van der Waals surface area contributed by atoms with Crippen LogP contribution in [-0.2, 0) is 10.2 Å². The fourth-order valence-electron chi connectivity index (χ4n) is 1.41. The summed E-state index contributed by atoms with van der Waals surface area (Å²) in [6, 6.07) is 3.72. The molecule has 0 radical (unpaired) electrons. The van der Waals surface area contributed by atoms with Gasteiger partial charge in [-0.05, 0) is 32.0 Å². The Kier molecular flexibility index (Phi) is 4.96. The number of ether oxygens (including phenoxy) is 1. The molecule has 8 heteroatoms. The van der Waals surface area contributed by atoms with Gasteiger partial charge in [-0.3, -0.25) is 4.72 Å². The van der Waals surface area contributed by atoms with Crippen molar-refractivity contribution in [3.05, 3.63) is 23.8 Å². The SMILES string of the molecule is COc1ccc(C(=O)O)cc1NS(=O)(=O)N(C)C(C)C. The molecule has 1 aromatic rings. The molecule has 0 aromatic heterocycles. The van der Waals surface area contributed by atoms with E-state index in [9.17, 15) is 13.2 Å². The lowest BCUT2D eigenvalue weighted by molar-refractivity contribution is 0.0697. The Hall–Kier alpha value is -1.80. The Bertz CT molecular complexity index is 598. The number of carboxylic acids is 1. The third-order valence-electron chi connectivity index (χ3n) is 2.79. The minimum Gasteiger partial charge on any atom is -0.495 e. The Morgan fingerprint density at radius 2 is 2.00 bits per heavy atom. The number of aromatic carboxylic acids is 1. The summed E-state index contributed by atoms with van der Waals surface area (Å²) in [6.07, 6.45) is 0. The summed E-state index contributed by atoms with van der Waals surface area (Å²) in [4.78, 5) is 10.9. The molecule has 0 aliphatic heterocycles. The quantitative estimate of drug-likeness (QED) is 0.828. The molecule has 0 unspecified atom stereocenters. The van der Waals surface area contributed by atoms with E-state index in [0.717, 1.165) is 4.31 Å². The van der Waals surface area contributed by atoms with Crippen LogP contribution < -0.4 is 9.46 Å². The van der Waals surface area contributed by atoms with Crippen molar-refractivity contribution < 1.29 is 23.1 Å². The van der Waals surface area contributed by atoms with Crippen LogP contribution in [0, 0.1) is 0 Å².